The van der Waals surface area contributed by atoms with Crippen LogP contribution in [0.25, 0.3) is 0 Å². The summed E-state index contributed by atoms with van der Waals surface area (Å²) < 4.78 is 26.3. The van der Waals surface area contributed by atoms with Crippen molar-refractivity contribution < 1.29 is 37.9 Å². The van der Waals surface area contributed by atoms with Crippen molar-refractivity contribution in [2.75, 3.05) is 13.2 Å². The molecule has 9 heteroatoms. The summed E-state index contributed by atoms with van der Waals surface area (Å²) >= 11 is 0. The molecular weight excluding hydrogens is 615 g/mol. The molecule has 0 bridgehead atoms. The Balaban J connectivity index is 4.00. The van der Waals surface area contributed by atoms with Crippen molar-refractivity contribution in [1.29, 1.82) is 0 Å². The number of carbonyl (C=O) groups excluding carboxylic acids is 2. The van der Waals surface area contributed by atoms with E-state index in [1.165, 1.54) is 77.0 Å². The Hall–Kier alpha value is -1.73. The topological polar surface area (TPSA) is 119 Å². The quantitative estimate of drug-likeness (QED) is 0.0297. The van der Waals surface area contributed by atoms with Crippen LogP contribution in [-0.2, 0) is 28.2 Å². The van der Waals surface area contributed by atoms with Crippen LogP contribution in [0, 0.1) is 0 Å². The largest absolute Gasteiger partial charge is 0.469 e. The number of hydrogen-bond acceptors (Lipinski definition) is 6. The molecule has 0 fully saturated rings. The Morgan fingerprint density at radius 1 is 0.553 bits per heavy atom. The molecule has 0 rings (SSSR count). The summed E-state index contributed by atoms with van der Waals surface area (Å²) in [7, 11) is -4.75. The lowest BCUT2D eigenvalue weighted by Crippen LogP contribution is -2.29. The fraction of sp³-hybridized carbons (Fsp3) is 0.789. The zero-order valence-corrected chi connectivity index (χ0v) is 30.8. The average molecular weight is 685 g/mol. The second-order valence-corrected chi connectivity index (χ2v) is 13.8. The van der Waals surface area contributed by atoms with Gasteiger partial charge in [-0.1, -0.05) is 147 Å². The van der Waals surface area contributed by atoms with Crippen LogP contribution in [0.4, 0.5) is 0 Å². The number of phosphoric ester groups is 1. The number of unbranched alkanes of at least 4 members (excludes halogenated alkanes) is 18. The third-order valence-electron chi connectivity index (χ3n) is 7.91. The van der Waals surface area contributed by atoms with E-state index in [1.54, 1.807) is 0 Å². The molecule has 0 aliphatic carbocycles. The van der Waals surface area contributed by atoms with Gasteiger partial charge in [0.2, 0.25) is 0 Å². The van der Waals surface area contributed by atoms with Crippen LogP contribution >= 0.6 is 7.82 Å². The highest BCUT2D eigenvalue weighted by molar-refractivity contribution is 7.46. The van der Waals surface area contributed by atoms with Crippen LogP contribution in [0.15, 0.2) is 36.5 Å². The normalized spacial score (nSPS) is 12.9. The molecule has 0 unspecified atom stereocenters. The lowest BCUT2D eigenvalue weighted by atomic mass is 10.0. The Labute approximate surface area is 287 Å². The molecular formula is C38H69O8P. The molecule has 0 aromatic rings. The van der Waals surface area contributed by atoms with Gasteiger partial charge in [-0.15, -0.1) is 0 Å². The minimum Gasteiger partial charge on any atom is -0.462 e. The summed E-state index contributed by atoms with van der Waals surface area (Å²) in [6.07, 6.45) is 38.6. The maximum atomic E-state index is 12.3. The van der Waals surface area contributed by atoms with E-state index in [1.807, 2.05) is 0 Å². The van der Waals surface area contributed by atoms with Gasteiger partial charge in [0.25, 0.3) is 0 Å². The molecule has 0 radical (unpaired) electrons. The third kappa shape index (κ3) is 36.9. The number of esters is 2. The molecule has 0 aliphatic heterocycles. The summed E-state index contributed by atoms with van der Waals surface area (Å²) in [6.45, 7) is 3.62. The first-order valence-corrected chi connectivity index (χ1v) is 20.3. The van der Waals surface area contributed by atoms with Crippen LogP contribution < -0.4 is 0 Å². The summed E-state index contributed by atoms with van der Waals surface area (Å²) in [5.74, 6) is -0.909. The van der Waals surface area contributed by atoms with Gasteiger partial charge in [-0.2, -0.15) is 0 Å². The predicted molar refractivity (Wildman–Crippen MR) is 193 cm³/mol. The first kappa shape index (κ1) is 45.3. The van der Waals surface area contributed by atoms with Crippen molar-refractivity contribution in [2.45, 2.75) is 180 Å². The van der Waals surface area contributed by atoms with Gasteiger partial charge in [-0.05, 0) is 51.4 Å². The predicted octanol–water partition coefficient (Wildman–Crippen LogP) is 11.0. The molecule has 0 amide bonds. The zero-order chi connectivity index (χ0) is 34.7. The molecule has 0 aromatic carbocycles. The third-order valence-corrected chi connectivity index (χ3v) is 8.40. The van der Waals surface area contributed by atoms with Crippen molar-refractivity contribution in [3.63, 3.8) is 0 Å². The van der Waals surface area contributed by atoms with E-state index in [-0.39, 0.29) is 19.4 Å². The highest BCUT2D eigenvalue weighted by atomic mass is 31.2. The Morgan fingerprint density at radius 3 is 1.47 bits per heavy atom. The molecule has 274 valence electrons. The highest BCUT2D eigenvalue weighted by Crippen LogP contribution is 2.36. The fourth-order valence-corrected chi connectivity index (χ4v) is 5.45. The van der Waals surface area contributed by atoms with Crippen LogP contribution in [0.3, 0.4) is 0 Å². The van der Waals surface area contributed by atoms with Crippen LogP contribution in [0.2, 0.25) is 0 Å². The summed E-state index contributed by atoms with van der Waals surface area (Å²) in [5, 5.41) is 0. The van der Waals surface area contributed by atoms with Gasteiger partial charge in [0.05, 0.1) is 6.61 Å². The number of ether oxygens (including phenoxy) is 2. The van der Waals surface area contributed by atoms with Crippen molar-refractivity contribution >= 4 is 19.8 Å². The van der Waals surface area contributed by atoms with Gasteiger partial charge in [-0.3, -0.25) is 14.1 Å². The first-order valence-electron chi connectivity index (χ1n) is 18.8. The summed E-state index contributed by atoms with van der Waals surface area (Å²) in [4.78, 5) is 42.6. The first-order chi connectivity index (χ1) is 22.8. The van der Waals surface area contributed by atoms with Gasteiger partial charge in [0, 0.05) is 12.8 Å². The number of phosphoric acid groups is 1. The standard InChI is InChI=1S/C38H69O8P/c1-3-5-7-9-11-13-15-17-18-19-20-21-23-24-26-28-30-32-37(39)44-34-36(35-45-47(41,42)43)46-38(40)33-31-29-27-25-22-16-14-12-10-8-6-4-2/h11,13,17-18,20-21,36H,3-10,12,14-16,19,22-35H2,1-2H3,(H2,41,42,43)/b13-11+,18-17+,21-20+/t36-/m1/s1. The number of carbonyl (C=O) groups is 2. The van der Waals surface area contributed by atoms with E-state index < -0.39 is 32.5 Å². The average Bonchev–Trinajstić information content (AvgIpc) is 3.04. The van der Waals surface area contributed by atoms with E-state index in [9.17, 15) is 14.2 Å². The SMILES string of the molecule is CCCCC/C=C/C/C=C/C/C=C/CCCCCCC(=O)OC[C@H](COP(=O)(O)O)OC(=O)CCCCCCCCCCCCCC. The molecule has 0 aromatic heterocycles. The van der Waals surface area contributed by atoms with Gasteiger partial charge < -0.3 is 19.3 Å². The van der Waals surface area contributed by atoms with Gasteiger partial charge >= 0.3 is 19.8 Å². The smallest absolute Gasteiger partial charge is 0.462 e. The van der Waals surface area contributed by atoms with Crippen molar-refractivity contribution in [3.05, 3.63) is 36.5 Å². The zero-order valence-electron chi connectivity index (χ0n) is 29.9. The summed E-state index contributed by atoms with van der Waals surface area (Å²) in [6, 6.07) is 0. The maximum Gasteiger partial charge on any atom is 0.469 e. The van der Waals surface area contributed by atoms with Crippen LogP contribution in [0.5, 0.6) is 0 Å². The van der Waals surface area contributed by atoms with E-state index in [4.69, 9.17) is 19.3 Å². The minimum atomic E-state index is -4.75. The lowest BCUT2D eigenvalue weighted by Gasteiger charge is -2.18. The highest BCUT2D eigenvalue weighted by Gasteiger charge is 2.22. The van der Waals surface area contributed by atoms with Gasteiger partial charge in [0.15, 0.2) is 6.10 Å². The fourth-order valence-electron chi connectivity index (χ4n) is 5.08. The Bertz CT molecular complexity index is 864. The van der Waals surface area contributed by atoms with E-state index >= 15 is 0 Å². The van der Waals surface area contributed by atoms with Crippen molar-refractivity contribution in [1.82, 2.24) is 0 Å². The maximum absolute atomic E-state index is 12.3. The van der Waals surface area contributed by atoms with E-state index in [0.29, 0.717) is 12.8 Å². The molecule has 0 saturated heterocycles. The number of rotatable bonds is 34. The van der Waals surface area contributed by atoms with Crippen molar-refractivity contribution in [3.8, 4) is 0 Å². The number of hydrogen-bond donors (Lipinski definition) is 2. The van der Waals surface area contributed by atoms with Crippen LogP contribution in [-0.4, -0.2) is 41.0 Å². The Morgan fingerprint density at radius 2 is 0.957 bits per heavy atom. The van der Waals surface area contributed by atoms with E-state index in [2.05, 4.69) is 54.8 Å². The van der Waals surface area contributed by atoms with E-state index in [0.717, 1.165) is 57.8 Å². The van der Waals surface area contributed by atoms with Gasteiger partial charge in [0.1, 0.15) is 6.61 Å². The second-order valence-electron chi connectivity index (χ2n) is 12.6. The summed E-state index contributed by atoms with van der Waals surface area (Å²) in [5.41, 5.74) is 0. The molecule has 0 saturated carbocycles. The monoisotopic (exact) mass is 684 g/mol. The molecule has 0 spiro atoms. The van der Waals surface area contributed by atoms with Crippen LogP contribution in [0.1, 0.15) is 174 Å². The number of allylic oxidation sites excluding steroid dienone is 6. The minimum absolute atomic E-state index is 0.209. The van der Waals surface area contributed by atoms with Gasteiger partial charge in [-0.25, -0.2) is 4.57 Å². The molecule has 47 heavy (non-hydrogen) atoms. The second kappa shape index (κ2) is 34.1. The molecule has 0 aliphatic rings. The Kier molecular flexibility index (Phi) is 32.9. The molecule has 2 N–H and O–H groups in total. The van der Waals surface area contributed by atoms with Crippen molar-refractivity contribution in [2.24, 2.45) is 0 Å². The molecule has 8 nitrogen and oxygen atoms in total. The lowest BCUT2D eigenvalue weighted by molar-refractivity contribution is -0.161. The molecule has 0 heterocycles. The molecule has 1 atom stereocenters.